The molecular formula is C15H20N4O2. The second-order valence-corrected chi connectivity index (χ2v) is 5.64. The maximum absolute atomic E-state index is 12.4. The number of carbonyl (C=O) groups excluding carboxylic acids is 2. The van der Waals surface area contributed by atoms with Gasteiger partial charge in [0.15, 0.2) is 0 Å². The number of hydrogen-bond donors (Lipinski definition) is 0. The van der Waals surface area contributed by atoms with Crippen LogP contribution in [0, 0.1) is 0 Å². The van der Waals surface area contributed by atoms with Gasteiger partial charge in [0, 0.05) is 38.3 Å². The van der Waals surface area contributed by atoms with E-state index in [4.69, 9.17) is 0 Å². The molecule has 6 heteroatoms. The number of fused-ring (bicyclic) bond motifs is 1. The highest BCUT2D eigenvalue weighted by molar-refractivity contribution is 5.83. The molecular weight excluding hydrogens is 268 g/mol. The van der Waals surface area contributed by atoms with Crippen LogP contribution in [0.3, 0.4) is 0 Å². The van der Waals surface area contributed by atoms with Crippen molar-refractivity contribution in [1.29, 1.82) is 0 Å². The summed E-state index contributed by atoms with van der Waals surface area (Å²) in [6, 6.07) is 0.309. The molecule has 2 saturated heterocycles. The average Bonchev–Trinajstić information content (AvgIpc) is 3.03. The molecule has 21 heavy (non-hydrogen) atoms. The summed E-state index contributed by atoms with van der Waals surface area (Å²) in [7, 11) is 0. The van der Waals surface area contributed by atoms with Crippen LogP contribution in [0.15, 0.2) is 18.7 Å². The molecule has 0 unspecified atom stereocenters. The van der Waals surface area contributed by atoms with Crippen molar-refractivity contribution in [2.75, 3.05) is 13.1 Å². The third-order valence-corrected chi connectivity index (χ3v) is 4.52. The summed E-state index contributed by atoms with van der Waals surface area (Å²) in [6.07, 6.45) is 7.47. The van der Waals surface area contributed by atoms with Gasteiger partial charge in [0.1, 0.15) is 6.33 Å². The SMILES string of the molecule is CCN1C(=O)C[C@@H]2[C@@H]1CCN2C(=O)CCc1cncnc1. The number of amides is 2. The molecule has 2 fully saturated rings. The number of carbonyl (C=O) groups is 2. The Kier molecular flexibility index (Phi) is 3.86. The number of rotatable bonds is 4. The molecule has 6 nitrogen and oxygen atoms in total. The van der Waals surface area contributed by atoms with Crippen LogP contribution >= 0.6 is 0 Å². The second kappa shape index (κ2) is 5.79. The van der Waals surface area contributed by atoms with Gasteiger partial charge in [0.05, 0.1) is 12.1 Å². The first-order valence-electron chi connectivity index (χ1n) is 7.53. The minimum atomic E-state index is 0.0805. The summed E-state index contributed by atoms with van der Waals surface area (Å²) in [4.78, 5) is 36.1. The highest BCUT2D eigenvalue weighted by Gasteiger charge is 2.47. The monoisotopic (exact) mass is 288 g/mol. The van der Waals surface area contributed by atoms with Gasteiger partial charge in [-0.15, -0.1) is 0 Å². The lowest BCUT2D eigenvalue weighted by Gasteiger charge is -2.24. The molecule has 3 rings (SSSR count). The Labute approximate surface area is 124 Å². The summed E-state index contributed by atoms with van der Waals surface area (Å²) >= 11 is 0. The van der Waals surface area contributed by atoms with Crippen LogP contribution in [0.5, 0.6) is 0 Å². The van der Waals surface area contributed by atoms with Crippen molar-refractivity contribution in [2.24, 2.45) is 0 Å². The predicted molar refractivity (Wildman–Crippen MR) is 76.3 cm³/mol. The van der Waals surface area contributed by atoms with Gasteiger partial charge in [-0.3, -0.25) is 9.59 Å². The number of nitrogens with zero attached hydrogens (tertiary/aromatic N) is 4. The van der Waals surface area contributed by atoms with Crippen molar-refractivity contribution in [3.8, 4) is 0 Å². The Bertz CT molecular complexity index is 534. The third kappa shape index (κ3) is 2.62. The van der Waals surface area contributed by atoms with Crippen molar-refractivity contribution < 1.29 is 9.59 Å². The Hall–Kier alpha value is -1.98. The molecule has 0 spiro atoms. The molecule has 0 N–H and O–H groups in total. The fraction of sp³-hybridized carbons (Fsp3) is 0.600. The quantitative estimate of drug-likeness (QED) is 0.815. The van der Waals surface area contributed by atoms with Gasteiger partial charge in [-0.05, 0) is 25.3 Å². The summed E-state index contributed by atoms with van der Waals surface area (Å²) < 4.78 is 0. The van der Waals surface area contributed by atoms with E-state index < -0.39 is 0 Å². The molecule has 1 aromatic rings. The van der Waals surface area contributed by atoms with Crippen LogP contribution in [0.2, 0.25) is 0 Å². The summed E-state index contributed by atoms with van der Waals surface area (Å²) in [6.45, 7) is 3.51. The molecule has 0 saturated carbocycles. The lowest BCUT2D eigenvalue weighted by molar-refractivity contribution is -0.132. The normalized spacial score (nSPS) is 24.5. The highest BCUT2D eigenvalue weighted by Crippen LogP contribution is 2.32. The van der Waals surface area contributed by atoms with E-state index in [-0.39, 0.29) is 23.9 Å². The standard InChI is InChI=1S/C15H20N4O2/c1-2-18-12-5-6-19(13(12)7-15(18)21)14(20)4-3-11-8-16-10-17-9-11/h8-10,12-13H,2-7H2,1H3/t12-,13+/m0/s1. The summed E-state index contributed by atoms with van der Waals surface area (Å²) in [5, 5.41) is 0. The van der Waals surface area contributed by atoms with E-state index in [0.29, 0.717) is 19.3 Å². The average molecular weight is 288 g/mol. The van der Waals surface area contributed by atoms with Gasteiger partial charge in [0.2, 0.25) is 11.8 Å². The van der Waals surface area contributed by atoms with Gasteiger partial charge in [-0.25, -0.2) is 9.97 Å². The van der Waals surface area contributed by atoms with Crippen LogP contribution in [-0.4, -0.2) is 56.8 Å². The van der Waals surface area contributed by atoms with E-state index in [2.05, 4.69) is 9.97 Å². The fourth-order valence-electron chi connectivity index (χ4n) is 3.50. The molecule has 2 aliphatic heterocycles. The zero-order valence-corrected chi connectivity index (χ0v) is 12.2. The van der Waals surface area contributed by atoms with Crippen molar-refractivity contribution in [3.05, 3.63) is 24.3 Å². The maximum atomic E-state index is 12.4. The molecule has 0 radical (unpaired) electrons. The lowest BCUT2D eigenvalue weighted by Crippen LogP contribution is -2.39. The first-order chi connectivity index (χ1) is 10.2. The zero-order valence-electron chi connectivity index (χ0n) is 12.2. The number of aryl methyl sites for hydroxylation is 1. The molecule has 0 bridgehead atoms. The van der Waals surface area contributed by atoms with Crippen LogP contribution in [0.1, 0.15) is 31.7 Å². The van der Waals surface area contributed by atoms with Crippen molar-refractivity contribution in [1.82, 2.24) is 19.8 Å². The van der Waals surface area contributed by atoms with Crippen LogP contribution < -0.4 is 0 Å². The van der Waals surface area contributed by atoms with Crippen LogP contribution in [0.4, 0.5) is 0 Å². The Morgan fingerprint density at radius 3 is 2.81 bits per heavy atom. The van der Waals surface area contributed by atoms with Gasteiger partial charge in [-0.2, -0.15) is 0 Å². The second-order valence-electron chi connectivity index (χ2n) is 5.64. The summed E-state index contributed by atoms with van der Waals surface area (Å²) in [5.74, 6) is 0.318. The lowest BCUT2D eigenvalue weighted by atomic mass is 10.1. The van der Waals surface area contributed by atoms with E-state index in [1.54, 1.807) is 12.4 Å². The van der Waals surface area contributed by atoms with E-state index in [1.807, 2.05) is 16.7 Å². The fourth-order valence-corrected chi connectivity index (χ4v) is 3.50. The third-order valence-electron chi connectivity index (χ3n) is 4.52. The van der Waals surface area contributed by atoms with Gasteiger partial charge >= 0.3 is 0 Å². The summed E-state index contributed by atoms with van der Waals surface area (Å²) in [5.41, 5.74) is 0.972. The minimum Gasteiger partial charge on any atom is -0.338 e. The smallest absolute Gasteiger partial charge is 0.225 e. The van der Waals surface area contributed by atoms with Crippen molar-refractivity contribution >= 4 is 11.8 Å². The number of aromatic nitrogens is 2. The van der Waals surface area contributed by atoms with E-state index in [9.17, 15) is 9.59 Å². The number of likely N-dealkylation sites (tertiary alicyclic amines) is 2. The van der Waals surface area contributed by atoms with Crippen molar-refractivity contribution in [2.45, 2.75) is 44.7 Å². The topological polar surface area (TPSA) is 66.4 Å². The molecule has 2 atom stereocenters. The van der Waals surface area contributed by atoms with Crippen LogP contribution in [-0.2, 0) is 16.0 Å². The molecule has 3 heterocycles. The number of hydrogen-bond acceptors (Lipinski definition) is 4. The molecule has 0 aliphatic carbocycles. The van der Waals surface area contributed by atoms with Gasteiger partial charge < -0.3 is 9.80 Å². The number of likely N-dealkylation sites (N-methyl/N-ethyl adjacent to an activating group) is 1. The molecule has 2 amide bonds. The van der Waals surface area contributed by atoms with Crippen molar-refractivity contribution in [3.63, 3.8) is 0 Å². The van der Waals surface area contributed by atoms with Gasteiger partial charge in [-0.1, -0.05) is 0 Å². The first kappa shape index (κ1) is 14.0. The molecule has 0 aromatic carbocycles. The minimum absolute atomic E-state index is 0.0805. The Balaban J connectivity index is 1.60. The van der Waals surface area contributed by atoms with Crippen LogP contribution in [0.25, 0.3) is 0 Å². The highest BCUT2D eigenvalue weighted by atomic mass is 16.2. The zero-order chi connectivity index (χ0) is 14.8. The maximum Gasteiger partial charge on any atom is 0.225 e. The van der Waals surface area contributed by atoms with E-state index in [1.165, 1.54) is 6.33 Å². The van der Waals surface area contributed by atoms with Gasteiger partial charge in [0.25, 0.3) is 0 Å². The largest absolute Gasteiger partial charge is 0.338 e. The Morgan fingerprint density at radius 2 is 2.10 bits per heavy atom. The molecule has 1 aromatic heterocycles. The predicted octanol–water partition coefficient (Wildman–Crippen LogP) is 0.631. The van der Waals surface area contributed by atoms with E-state index >= 15 is 0 Å². The van der Waals surface area contributed by atoms with E-state index in [0.717, 1.165) is 25.1 Å². The Morgan fingerprint density at radius 1 is 1.33 bits per heavy atom. The molecule has 2 aliphatic rings. The molecule has 112 valence electrons. The first-order valence-corrected chi connectivity index (χ1v) is 7.53.